The van der Waals surface area contributed by atoms with Gasteiger partial charge in [-0.2, -0.15) is 18.2 Å². The maximum Gasteiger partial charge on any atom is 0.433 e. The molecule has 0 aliphatic carbocycles. The van der Waals surface area contributed by atoms with Gasteiger partial charge in [-0.25, -0.2) is 4.98 Å². The number of rotatable bonds is 4. The van der Waals surface area contributed by atoms with Crippen molar-refractivity contribution in [2.24, 2.45) is 0 Å². The number of thiocarbonyl (C=S) groups is 1. The van der Waals surface area contributed by atoms with Gasteiger partial charge < -0.3 is 15.4 Å². The fraction of sp³-hybridized carbons (Fsp3) is 0.267. The molecule has 9 heteroatoms. The van der Waals surface area contributed by atoms with Crippen LogP contribution in [0.15, 0.2) is 36.4 Å². The van der Waals surface area contributed by atoms with Crippen molar-refractivity contribution in [1.29, 1.82) is 0 Å². The second kappa shape index (κ2) is 7.43. The molecule has 0 aliphatic rings. The number of methoxy groups -OCH3 is 1. The Morgan fingerprint density at radius 2 is 1.88 bits per heavy atom. The fourth-order valence-electron chi connectivity index (χ4n) is 1.89. The number of nitrogens with one attached hydrogen (secondary N) is 2. The van der Waals surface area contributed by atoms with Gasteiger partial charge in [0, 0.05) is 6.07 Å². The van der Waals surface area contributed by atoms with Crippen LogP contribution in [0.5, 0.6) is 5.88 Å². The third kappa shape index (κ3) is 4.79. The largest absolute Gasteiger partial charge is 0.481 e. The van der Waals surface area contributed by atoms with Crippen LogP contribution >= 0.6 is 12.2 Å². The number of hydrogen-bond donors (Lipinski definition) is 2. The lowest BCUT2D eigenvalue weighted by Gasteiger charge is -2.17. The Balaban J connectivity index is 2.11. The van der Waals surface area contributed by atoms with Gasteiger partial charge in [0.15, 0.2) is 10.8 Å². The van der Waals surface area contributed by atoms with Crippen molar-refractivity contribution in [2.45, 2.75) is 19.1 Å². The van der Waals surface area contributed by atoms with E-state index in [0.29, 0.717) is 6.07 Å². The number of halogens is 3. The summed E-state index contributed by atoms with van der Waals surface area (Å²) in [5.74, 6) is -0.502. The van der Waals surface area contributed by atoms with Gasteiger partial charge in [0.25, 0.3) is 0 Å². The summed E-state index contributed by atoms with van der Waals surface area (Å²) in [5, 5.41) is 5.61. The first-order valence-electron chi connectivity index (χ1n) is 6.92. The SMILES string of the molecule is COc1cc(C(F)(F)F)nc(NC(=S)N[C@@H](C)c2ccccc2)n1. The molecule has 0 radical (unpaired) electrons. The monoisotopic (exact) mass is 356 g/mol. The van der Waals surface area contributed by atoms with Crippen LogP contribution in [-0.2, 0) is 6.18 Å². The predicted octanol–water partition coefficient (Wildman–Crippen LogP) is 3.55. The van der Waals surface area contributed by atoms with Crippen LogP contribution in [0.1, 0.15) is 24.2 Å². The topological polar surface area (TPSA) is 59.1 Å². The van der Waals surface area contributed by atoms with Crippen molar-refractivity contribution in [2.75, 3.05) is 12.4 Å². The first-order chi connectivity index (χ1) is 11.3. The van der Waals surface area contributed by atoms with E-state index >= 15 is 0 Å². The van der Waals surface area contributed by atoms with E-state index < -0.39 is 11.9 Å². The number of aromatic nitrogens is 2. The summed E-state index contributed by atoms with van der Waals surface area (Å²) in [6.45, 7) is 1.87. The lowest BCUT2D eigenvalue weighted by molar-refractivity contribution is -0.141. The lowest BCUT2D eigenvalue weighted by Crippen LogP contribution is -2.31. The Morgan fingerprint density at radius 3 is 2.46 bits per heavy atom. The first kappa shape index (κ1) is 17.9. The minimum atomic E-state index is -4.61. The third-order valence-corrected chi connectivity index (χ3v) is 3.29. The molecular formula is C15H15F3N4OS. The van der Waals surface area contributed by atoms with Crippen LogP contribution in [0, 0.1) is 0 Å². The summed E-state index contributed by atoms with van der Waals surface area (Å²) >= 11 is 5.10. The predicted molar refractivity (Wildman–Crippen MR) is 87.8 cm³/mol. The van der Waals surface area contributed by atoms with Crippen LogP contribution in [0.2, 0.25) is 0 Å². The molecule has 24 heavy (non-hydrogen) atoms. The first-order valence-corrected chi connectivity index (χ1v) is 7.33. The van der Waals surface area contributed by atoms with Gasteiger partial charge in [0.2, 0.25) is 11.8 Å². The van der Waals surface area contributed by atoms with Gasteiger partial charge in [-0.15, -0.1) is 0 Å². The number of anilines is 1. The third-order valence-electron chi connectivity index (χ3n) is 3.07. The molecule has 0 amide bonds. The van der Waals surface area contributed by atoms with E-state index in [1.165, 1.54) is 7.11 Å². The van der Waals surface area contributed by atoms with E-state index in [4.69, 9.17) is 17.0 Å². The Bertz CT molecular complexity index is 710. The molecule has 0 aliphatic heterocycles. The van der Waals surface area contributed by atoms with Crippen molar-refractivity contribution in [3.05, 3.63) is 47.7 Å². The van der Waals surface area contributed by atoms with Crippen LogP contribution in [0.4, 0.5) is 19.1 Å². The molecule has 2 aromatic rings. The number of benzene rings is 1. The fourth-order valence-corrected chi connectivity index (χ4v) is 2.16. The van der Waals surface area contributed by atoms with Gasteiger partial charge >= 0.3 is 6.18 Å². The van der Waals surface area contributed by atoms with Gasteiger partial charge in [-0.05, 0) is 24.7 Å². The highest BCUT2D eigenvalue weighted by molar-refractivity contribution is 7.80. The molecule has 0 bridgehead atoms. The smallest absolute Gasteiger partial charge is 0.433 e. The van der Waals surface area contributed by atoms with Crippen LogP contribution in [0.25, 0.3) is 0 Å². The van der Waals surface area contributed by atoms with Crippen LogP contribution in [-0.4, -0.2) is 22.2 Å². The van der Waals surface area contributed by atoms with Crippen LogP contribution in [0.3, 0.4) is 0 Å². The Labute approximate surface area is 142 Å². The number of hydrogen-bond acceptors (Lipinski definition) is 4. The molecule has 5 nitrogen and oxygen atoms in total. The van der Waals surface area contributed by atoms with E-state index in [-0.39, 0.29) is 23.0 Å². The molecule has 0 spiro atoms. The highest BCUT2D eigenvalue weighted by Gasteiger charge is 2.34. The van der Waals surface area contributed by atoms with E-state index in [2.05, 4.69) is 20.6 Å². The highest BCUT2D eigenvalue weighted by Crippen LogP contribution is 2.30. The second-order valence-electron chi connectivity index (χ2n) is 4.85. The van der Waals surface area contributed by atoms with Gasteiger partial charge in [0.05, 0.1) is 13.2 Å². The van der Waals surface area contributed by atoms with Crippen LogP contribution < -0.4 is 15.4 Å². The van der Waals surface area contributed by atoms with E-state index in [1.54, 1.807) is 0 Å². The Morgan fingerprint density at radius 1 is 1.21 bits per heavy atom. The molecule has 1 atom stereocenters. The normalized spacial score (nSPS) is 12.4. The zero-order valence-corrected chi connectivity index (χ0v) is 13.7. The second-order valence-corrected chi connectivity index (χ2v) is 5.26. The minimum Gasteiger partial charge on any atom is -0.481 e. The molecule has 128 valence electrons. The maximum atomic E-state index is 12.8. The molecule has 2 N–H and O–H groups in total. The Kier molecular flexibility index (Phi) is 5.55. The summed E-state index contributed by atoms with van der Waals surface area (Å²) in [4.78, 5) is 7.23. The average molecular weight is 356 g/mol. The van der Waals surface area contributed by atoms with Crippen molar-refractivity contribution in [3.8, 4) is 5.88 Å². The van der Waals surface area contributed by atoms with Crippen molar-refractivity contribution < 1.29 is 17.9 Å². The molecule has 0 saturated carbocycles. The van der Waals surface area contributed by atoms with E-state index in [0.717, 1.165) is 5.56 Å². The molecule has 1 heterocycles. The molecule has 1 aromatic carbocycles. The molecule has 2 rings (SSSR count). The summed E-state index contributed by atoms with van der Waals surface area (Å²) in [6.07, 6.45) is -4.61. The summed E-state index contributed by atoms with van der Waals surface area (Å²) in [5.41, 5.74) is -0.139. The van der Waals surface area contributed by atoms with Gasteiger partial charge in [0.1, 0.15) is 0 Å². The number of ether oxygens (including phenoxy) is 1. The van der Waals surface area contributed by atoms with Gasteiger partial charge in [-0.3, -0.25) is 0 Å². The molecule has 0 unspecified atom stereocenters. The lowest BCUT2D eigenvalue weighted by atomic mass is 10.1. The Hall–Kier alpha value is -2.42. The molecule has 0 fully saturated rings. The zero-order chi connectivity index (χ0) is 17.7. The number of nitrogens with zero attached hydrogens (tertiary/aromatic N) is 2. The quantitative estimate of drug-likeness (QED) is 0.817. The van der Waals surface area contributed by atoms with Gasteiger partial charge in [-0.1, -0.05) is 30.3 Å². The molecule has 0 saturated heterocycles. The average Bonchev–Trinajstić information content (AvgIpc) is 2.54. The standard InChI is InChI=1S/C15H15F3N4OS/c1-9(10-6-4-3-5-7-10)19-14(24)22-13-20-11(15(16,17)18)8-12(21-13)23-2/h3-9H,1-2H3,(H2,19,20,21,22,24)/t9-/m0/s1. The van der Waals surface area contributed by atoms with Crippen molar-refractivity contribution in [3.63, 3.8) is 0 Å². The van der Waals surface area contributed by atoms with Crippen molar-refractivity contribution in [1.82, 2.24) is 15.3 Å². The maximum absolute atomic E-state index is 12.8. The highest BCUT2D eigenvalue weighted by atomic mass is 32.1. The molecular weight excluding hydrogens is 341 g/mol. The summed E-state index contributed by atoms with van der Waals surface area (Å²) in [7, 11) is 1.22. The number of alkyl halides is 3. The van der Waals surface area contributed by atoms with Crippen molar-refractivity contribution >= 4 is 23.3 Å². The molecule has 1 aromatic heterocycles. The minimum absolute atomic E-state index is 0.104. The van der Waals surface area contributed by atoms with E-state index in [1.807, 2.05) is 37.3 Å². The van der Waals surface area contributed by atoms with E-state index in [9.17, 15) is 13.2 Å². The zero-order valence-electron chi connectivity index (χ0n) is 12.9. The summed E-state index contributed by atoms with van der Waals surface area (Å²) in [6, 6.07) is 10.0. The summed E-state index contributed by atoms with van der Waals surface area (Å²) < 4.78 is 43.3.